The first kappa shape index (κ1) is 13.1. The SMILES string of the molecule is c1cc(Oc2ccnc3ccccc23)cc(N2CCCC2)c1. The van der Waals surface area contributed by atoms with Gasteiger partial charge in [0.1, 0.15) is 11.5 Å². The van der Waals surface area contributed by atoms with Crippen molar-refractivity contribution in [3.63, 3.8) is 0 Å². The molecule has 0 saturated carbocycles. The summed E-state index contributed by atoms with van der Waals surface area (Å²) >= 11 is 0. The van der Waals surface area contributed by atoms with Crippen LogP contribution >= 0.6 is 0 Å². The Kier molecular flexibility index (Phi) is 3.39. The molecule has 4 rings (SSSR count). The topological polar surface area (TPSA) is 25.4 Å². The lowest BCUT2D eigenvalue weighted by Crippen LogP contribution is -2.17. The third-order valence-corrected chi connectivity index (χ3v) is 4.13. The van der Waals surface area contributed by atoms with Gasteiger partial charge in [-0.15, -0.1) is 0 Å². The van der Waals surface area contributed by atoms with Gasteiger partial charge >= 0.3 is 0 Å². The third-order valence-electron chi connectivity index (χ3n) is 4.13. The summed E-state index contributed by atoms with van der Waals surface area (Å²) in [5, 5.41) is 1.04. The van der Waals surface area contributed by atoms with Gasteiger partial charge in [-0.05, 0) is 43.2 Å². The van der Waals surface area contributed by atoms with Gasteiger partial charge in [-0.2, -0.15) is 0 Å². The normalized spacial score (nSPS) is 14.5. The molecule has 3 heteroatoms. The van der Waals surface area contributed by atoms with E-state index in [4.69, 9.17) is 4.74 Å². The molecule has 1 fully saturated rings. The maximum atomic E-state index is 6.13. The van der Waals surface area contributed by atoms with Crippen LogP contribution in [0.4, 0.5) is 5.69 Å². The van der Waals surface area contributed by atoms with Crippen molar-refractivity contribution in [1.29, 1.82) is 0 Å². The van der Waals surface area contributed by atoms with Crippen molar-refractivity contribution in [2.24, 2.45) is 0 Å². The van der Waals surface area contributed by atoms with E-state index < -0.39 is 0 Å². The lowest BCUT2D eigenvalue weighted by molar-refractivity contribution is 0.488. The Labute approximate surface area is 130 Å². The highest BCUT2D eigenvalue weighted by atomic mass is 16.5. The highest BCUT2D eigenvalue weighted by Gasteiger charge is 2.13. The molecule has 2 heterocycles. The van der Waals surface area contributed by atoms with Crippen LogP contribution < -0.4 is 9.64 Å². The average Bonchev–Trinajstić information content (AvgIpc) is 3.10. The zero-order chi connectivity index (χ0) is 14.8. The number of anilines is 1. The second-order valence-corrected chi connectivity index (χ2v) is 5.62. The molecule has 2 aromatic carbocycles. The summed E-state index contributed by atoms with van der Waals surface area (Å²) in [4.78, 5) is 6.79. The Morgan fingerprint density at radius 1 is 0.909 bits per heavy atom. The number of rotatable bonds is 3. The third kappa shape index (κ3) is 2.50. The van der Waals surface area contributed by atoms with E-state index in [9.17, 15) is 0 Å². The van der Waals surface area contributed by atoms with Gasteiger partial charge in [0, 0.05) is 36.4 Å². The number of fused-ring (bicyclic) bond motifs is 1. The predicted octanol–water partition coefficient (Wildman–Crippen LogP) is 4.63. The summed E-state index contributed by atoms with van der Waals surface area (Å²) in [5.41, 5.74) is 2.20. The first-order chi connectivity index (χ1) is 10.9. The van der Waals surface area contributed by atoms with Gasteiger partial charge in [0.15, 0.2) is 0 Å². The molecule has 1 aliphatic heterocycles. The Morgan fingerprint density at radius 3 is 2.68 bits per heavy atom. The molecule has 0 radical (unpaired) electrons. The molecule has 1 aromatic heterocycles. The van der Waals surface area contributed by atoms with Crippen molar-refractivity contribution in [3.05, 3.63) is 60.8 Å². The molecule has 110 valence electrons. The number of nitrogens with zero attached hydrogens (tertiary/aromatic N) is 2. The lowest BCUT2D eigenvalue weighted by Gasteiger charge is -2.18. The quantitative estimate of drug-likeness (QED) is 0.703. The van der Waals surface area contributed by atoms with Gasteiger partial charge in [-0.25, -0.2) is 0 Å². The lowest BCUT2D eigenvalue weighted by atomic mass is 10.2. The highest BCUT2D eigenvalue weighted by molar-refractivity contribution is 5.84. The van der Waals surface area contributed by atoms with Gasteiger partial charge in [-0.1, -0.05) is 18.2 Å². The fourth-order valence-electron chi connectivity index (χ4n) is 3.00. The fourth-order valence-corrected chi connectivity index (χ4v) is 3.00. The molecule has 0 amide bonds. The van der Waals surface area contributed by atoms with Gasteiger partial charge in [-0.3, -0.25) is 4.98 Å². The van der Waals surface area contributed by atoms with E-state index in [-0.39, 0.29) is 0 Å². The Balaban J connectivity index is 1.66. The number of para-hydroxylation sites is 1. The zero-order valence-corrected chi connectivity index (χ0v) is 12.4. The molecule has 0 spiro atoms. The van der Waals surface area contributed by atoms with E-state index in [1.54, 1.807) is 6.20 Å². The van der Waals surface area contributed by atoms with Crippen LogP contribution in [0, 0.1) is 0 Å². The molecule has 0 unspecified atom stereocenters. The van der Waals surface area contributed by atoms with Crippen LogP contribution in [0.25, 0.3) is 10.9 Å². The van der Waals surface area contributed by atoms with E-state index in [0.29, 0.717) is 0 Å². The van der Waals surface area contributed by atoms with E-state index in [1.165, 1.54) is 18.5 Å². The van der Waals surface area contributed by atoms with Gasteiger partial charge in [0.05, 0.1) is 5.52 Å². The number of benzene rings is 2. The van der Waals surface area contributed by atoms with E-state index in [2.05, 4.69) is 28.1 Å². The maximum absolute atomic E-state index is 6.13. The Hall–Kier alpha value is -2.55. The van der Waals surface area contributed by atoms with E-state index in [0.717, 1.165) is 35.5 Å². The van der Waals surface area contributed by atoms with Crippen molar-refractivity contribution in [2.45, 2.75) is 12.8 Å². The Bertz CT molecular complexity index is 789. The number of pyridine rings is 1. The standard InChI is InChI=1S/C19H18N2O/c1-2-9-18-17(8-1)19(10-11-20-18)22-16-7-5-6-15(14-16)21-12-3-4-13-21/h1-2,5-11,14H,3-4,12-13H2. The van der Waals surface area contributed by atoms with Crippen LogP contribution in [0.15, 0.2) is 60.8 Å². The second-order valence-electron chi connectivity index (χ2n) is 5.62. The zero-order valence-electron chi connectivity index (χ0n) is 12.4. The van der Waals surface area contributed by atoms with Crippen molar-refractivity contribution < 1.29 is 4.74 Å². The number of ether oxygens (including phenoxy) is 1. The molecular weight excluding hydrogens is 272 g/mol. The molecule has 22 heavy (non-hydrogen) atoms. The molecular formula is C19H18N2O. The van der Waals surface area contributed by atoms with Crippen molar-refractivity contribution in [1.82, 2.24) is 4.98 Å². The van der Waals surface area contributed by atoms with Crippen molar-refractivity contribution in [2.75, 3.05) is 18.0 Å². The molecule has 3 nitrogen and oxygen atoms in total. The van der Waals surface area contributed by atoms with Gasteiger partial charge in [0.2, 0.25) is 0 Å². The molecule has 0 atom stereocenters. The minimum Gasteiger partial charge on any atom is -0.457 e. The fraction of sp³-hybridized carbons (Fsp3) is 0.211. The van der Waals surface area contributed by atoms with Crippen molar-refractivity contribution in [3.8, 4) is 11.5 Å². The summed E-state index contributed by atoms with van der Waals surface area (Å²) < 4.78 is 6.13. The second kappa shape index (κ2) is 5.68. The van der Waals surface area contributed by atoms with Crippen LogP contribution in [-0.2, 0) is 0 Å². The Morgan fingerprint density at radius 2 is 1.77 bits per heavy atom. The smallest absolute Gasteiger partial charge is 0.138 e. The number of aromatic nitrogens is 1. The number of hydrogen-bond donors (Lipinski definition) is 0. The minimum atomic E-state index is 0.851. The average molecular weight is 290 g/mol. The van der Waals surface area contributed by atoms with Crippen LogP contribution in [-0.4, -0.2) is 18.1 Å². The first-order valence-corrected chi connectivity index (χ1v) is 7.77. The summed E-state index contributed by atoms with van der Waals surface area (Å²) in [6.07, 6.45) is 4.35. The molecule has 1 aliphatic rings. The van der Waals surface area contributed by atoms with Crippen molar-refractivity contribution >= 4 is 16.6 Å². The summed E-state index contributed by atoms with van der Waals surface area (Å²) in [5.74, 6) is 1.73. The molecule has 0 bridgehead atoms. The number of hydrogen-bond acceptors (Lipinski definition) is 3. The monoisotopic (exact) mass is 290 g/mol. The summed E-state index contributed by atoms with van der Waals surface area (Å²) in [7, 11) is 0. The molecule has 0 N–H and O–H groups in total. The summed E-state index contributed by atoms with van der Waals surface area (Å²) in [6, 6.07) is 18.3. The predicted molar refractivity (Wildman–Crippen MR) is 89.7 cm³/mol. The van der Waals surface area contributed by atoms with Gasteiger partial charge in [0.25, 0.3) is 0 Å². The van der Waals surface area contributed by atoms with E-state index in [1.807, 2.05) is 36.4 Å². The van der Waals surface area contributed by atoms with Gasteiger partial charge < -0.3 is 9.64 Å². The molecule has 1 saturated heterocycles. The van der Waals surface area contributed by atoms with E-state index >= 15 is 0 Å². The minimum absolute atomic E-state index is 0.851. The van der Waals surface area contributed by atoms with Crippen LogP contribution in [0.2, 0.25) is 0 Å². The maximum Gasteiger partial charge on any atom is 0.138 e. The molecule has 0 aliphatic carbocycles. The van der Waals surface area contributed by atoms with Crippen LogP contribution in [0.3, 0.4) is 0 Å². The first-order valence-electron chi connectivity index (χ1n) is 7.77. The molecule has 3 aromatic rings. The largest absolute Gasteiger partial charge is 0.457 e. The summed E-state index contributed by atoms with van der Waals surface area (Å²) in [6.45, 7) is 2.28. The highest BCUT2D eigenvalue weighted by Crippen LogP contribution is 2.31. The van der Waals surface area contributed by atoms with Crippen LogP contribution in [0.1, 0.15) is 12.8 Å². The van der Waals surface area contributed by atoms with Crippen LogP contribution in [0.5, 0.6) is 11.5 Å².